The summed E-state index contributed by atoms with van der Waals surface area (Å²) in [5.41, 5.74) is 1.97. The molecule has 0 amide bonds. The zero-order chi connectivity index (χ0) is 19.1. The summed E-state index contributed by atoms with van der Waals surface area (Å²) >= 11 is 0. The third-order valence-electron chi connectivity index (χ3n) is 5.02. The average molecular weight is 367 g/mol. The summed E-state index contributed by atoms with van der Waals surface area (Å²) in [5.74, 6) is 0.576. The van der Waals surface area contributed by atoms with Crippen LogP contribution in [0.25, 0.3) is 23.1 Å². The Morgan fingerprint density at radius 1 is 0.893 bits per heavy atom. The van der Waals surface area contributed by atoms with Crippen molar-refractivity contribution >= 4 is 23.1 Å². The van der Waals surface area contributed by atoms with Crippen LogP contribution in [0.1, 0.15) is 17.0 Å². The number of hydrogen-bond acceptors (Lipinski definition) is 3. The van der Waals surface area contributed by atoms with Crippen molar-refractivity contribution in [3.63, 3.8) is 0 Å². The van der Waals surface area contributed by atoms with E-state index in [2.05, 4.69) is 0 Å². The molecule has 4 nitrogen and oxygen atoms in total. The lowest BCUT2D eigenvalue weighted by Gasteiger charge is -2.17. The second kappa shape index (κ2) is 6.43. The monoisotopic (exact) mass is 367 g/mol. The van der Waals surface area contributed by atoms with Crippen LogP contribution in [0.3, 0.4) is 0 Å². The Labute approximate surface area is 159 Å². The van der Waals surface area contributed by atoms with E-state index in [9.17, 15) is 9.59 Å². The minimum atomic E-state index is -0.229. The summed E-state index contributed by atoms with van der Waals surface area (Å²) in [6, 6.07) is 16.9. The molecule has 0 aliphatic carbocycles. The van der Waals surface area contributed by atoms with Gasteiger partial charge in [-0.25, -0.2) is 4.42 Å². The second-order valence-electron chi connectivity index (χ2n) is 6.68. The van der Waals surface area contributed by atoms with E-state index in [4.69, 9.17) is 9.15 Å². The summed E-state index contributed by atoms with van der Waals surface area (Å²) in [6.45, 7) is 0. The predicted molar refractivity (Wildman–Crippen MR) is 108 cm³/mol. The Balaban J connectivity index is 1.62. The fourth-order valence-corrected chi connectivity index (χ4v) is 3.57. The standard InChI is InChI=1S/C24H15O4/c25-23-19(13-15-9-11-27-21-7-3-1-5-17(15)21)24(26)20(23)14-16-10-12-28-22-8-4-2-6-18(16)22/h1-15H/q+1. The van der Waals surface area contributed by atoms with E-state index in [1.807, 2.05) is 54.6 Å². The summed E-state index contributed by atoms with van der Waals surface area (Å²) in [6.07, 6.45) is 8.35. The summed E-state index contributed by atoms with van der Waals surface area (Å²) in [7, 11) is 0. The van der Waals surface area contributed by atoms with Crippen LogP contribution in [0.15, 0.2) is 87.2 Å². The van der Waals surface area contributed by atoms with Crippen LogP contribution in [-0.2, 0) is 0 Å². The van der Waals surface area contributed by atoms with Gasteiger partial charge in [-0.15, -0.1) is 0 Å². The predicted octanol–water partition coefficient (Wildman–Crippen LogP) is 2.61. The molecule has 134 valence electrons. The van der Waals surface area contributed by atoms with E-state index in [-0.39, 0.29) is 27.2 Å². The number of benzene rings is 2. The van der Waals surface area contributed by atoms with Gasteiger partial charge in [0.05, 0.1) is 22.1 Å². The SMILES string of the molecule is O=c1c(=Cc2cc[o+]c3ccccc23)c(=O)c1=CC1C=COc2ccccc21. The molecule has 0 spiro atoms. The summed E-state index contributed by atoms with van der Waals surface area (Å²) < 4.78 is 10.9. The smallest absolute Gasteiger partial charge is 0.360 e. The van der Waals surface area contributed by atoms with E-state index in [1.165, 1.54) is 0 Å². The molecular weight excluding hydrogens is 352 g/mol. The quantitative estimate of drug-likeness (QED) is 0.511. The molecule has 4 aromatic rings. The highest BCUT2D eigenvalue weighted by Crippen LogP contribution is 2.32. The van der Waals surface area contributed by atoms with E-state index in [0.29, 0.717) is 5.58 Å². The first-order chi connectivity index (χ1) is 13.7. The molecule has 0 fully saturated rings. The van der Waals surface area contributed by atoms with Gasteiger partial charge in [-0.3, -0.25) is 9.59 Å². The van der Waals surface area contributed by atoms with Gasteiger partial charge in [0.15, 0.2) is 0 Å². The van der Waals surface area contributed by atoms with Crippen LogP contribution < -0.4 is 26.0 Å². The van der Waals surface area contributed by atoms with Gasteiger partial charge in [0.2, 0.25) is 10.9 Å². The largest absolute Gasteiger partial charge is 0.465 e. The topological polar surface area (TPSA) is 54.7 Å². The molecule has 1 aliphatic rings. The van der Waals surface area contributed by atoms with Gasteiger partial charge in [-0.05, 0) is 24.3 Å². The molecule has 5 rings (SSSR count). The Morgan fingerprint density at radius 2 is 1.68 bits per heavy atom. The molecular formula is C24H15O4+. The fraction of sp³-hybridized carbons (Fsp3) is 0.0417. The molecule has 0 N–H and O–H groups in total. The molecule has 28 heavy (non-hydrogen) atoms. The zero-order valence-corrected chi connectivity index (χ0v) is 14.8. The van der Waals surface area contributed by atoms with E-state index in [1.54, 1.807) is 30.7 Å². The average Bonchev–Trinajstić information content (AvgIpc) is 2.75. The van der Waals surface area contributed by atoms with Gasteiger partial charge >= 0.3 is 11.8 Å². The third-order valence-corrected chi connectivity index (χ3v) is 5.02. The van der Waals surface area contributed by atoms with Gasteiger partial charge in [-0.2, -0.15) is 0 Å². The summed E-state index contributed by atoms with van der Waals surface area (Å²) in [4.78, 5) is 25.3. The fourth-order valence-electron chi connectivity index (χ4n) is 3.57. The van der Waals surface area contributed by atoms with Crippen LogP contribution in [0.4, 0.5) is 0 Å². The van der Waals surface area contributed by atoms with Crippen LogP contribution >= 0.6 is 0 Å². The third kappa shape index (κ3) is 2.58. The lowest BCUT2D eigenvalue weighted by atomic mass is 9.94. The summed E-state index contributed by atoms with van der Waals surface area (Å²) in [5, 5.41) is 1.28. The molecule has 0 saturated heterocycles. The van der Waals surface area contributed by atoms with Gasteiger partial charge in [0.25, 0.3) is 0 Å². The molecule has 0 bridgehead atoms. The van der Waals surface area contributed by atoms with Crippen LogP contribution in [-0.4, -0.2) is 0 Å². The first-order valence-electron chi connectivity index (χ1n) is 8.97. The number of ether oxygens (including phenoxy) is 1. The maximum atomic E-state index is 12.7. The Kier molecular flexibility index (Phi) is 3.76. The first-order valence-corrected chi connectivity index (χ1v) is 8.97. The van der Waals surface area contributed by atoms with E-state index < -0.39 is 0 Å². The molecule has 0 saturated carbocycles. The van der Waals surface area contributed by atoms with E-state index >= 15 is 0 Å². The van der Waals surface area contributed by atoms with Gasteiger partial charge in [-0.1, -0.05) is 36.4 Å². The highest BCUT2D eigenvalue weighted by molar-refractivity contribution is 5.86. The molecule has 1 atom stereocenters. The molecule has 4 heteroatoms. The molecule has 1 aromatic heterocycles. The molecule has 1 unspecified atom stereocenters. The van der Waals surface area contributed by atoms with Gasteiger partial charge in [0.1, 0.15) is 5.75 Å². The number of fused-ring (bicyclic) bond motifs is 2. The van der Waals surface area contributed by atoms with Crippen molar-refractivity contribution in [1.82, 2.24) is 0 Å². The van der Waals surface area contributed by atoms with Crippen molar-refractivity contribution in [2.24, 2.45) is 0 Å². The van der Waals surface area contributed by atoms with Crippen molar-refractivity contribution in [1.29, 1.82) is 0 Å². The first kappa shape index (κ1) is 16.4. The van der Waals surface area contributed by atoms with Crippen molar-refractivity contribution in [3.05, 3.63) is 115 Å². The van der Waals surface area contributed by atoms with Crippen molar-refractivity contribution < 1.29 is 9.15 Å². The zero-order valence-electron chi connectivity index (χ0n) is 14.8. The lowest BCUT2D eigenvalue weighted by molar-refractivity contribution is 0.461. The number of allylic oxidation sites excluding steroid dienone is 1. The molecule has 1 aliphatic heterocycles. The van der Waals surface area contributed by atoms with Crippen molar-refractivity contribution in [3.8, 4) is 5.75 Å². The van der Waals surface area contributed by atoms with Crippen LogP contribution in [0.5, 0.6) is 5.75 Å². The van der Waals surface area contributed by atoms with Crippen LogP contribution in [0, 0.1) is 0 Å². The van der Waals surface area contributed by atoms with Gasteiger partial charge < -0.3 is 4.74 Å². The highest BCUT2D eigenvalue weighted by atomic mass is 16.5. The molecule has 0 radical (unpaired) electrons. The Morgan fingerprint density at radius 3 is 2.57 bits per heavy atom. The van der Waals surface area contributed by atoms with Crippen LogP contribution in [0.2, 0.25) is 0 Å². The minimum absolute atomic E-state index is 0.161. The van der Waals surface area contributed by atoms with Gasteiger partial charge in [0, 0.05) is 29.2 Å². The molecule has 3 aromatic carbocycles. The maximum Gasteiger partial charge on any atom is 0.360 e. The second-order valence-corrected chi connectivity index (χ2v) is 6.68. The normalized spacial score (nSPS) is 15.2. The number of hydrogen-bond donors (Lipinski definition) is 0. The Bertz CT molecular complexity index is 1400. The number of rotatable bonds is 2. The van der Waals surface area contributed by atoms with Crippen molar-refractivity contribution in [2.45, 2.75) is 5.92 Å². The van der Waals surface area contributed by atoms with E-state index in [0.717, 1.165) is 22.3 Å². The number of para-hydroxylation sites is 2. The minimum Gasteiger partial charge on any atom is -0.465 e. The van der Waals surface area contributed by atoms with Crippen molar-refractivity contribution in [2.75, 3.05) is 0 Å². The lowest BCUT2D eigenvalue weighted by Crippen LogP contribution is -2.64. The molecule has 2 heterocycles. The Hall–Kier alpha value is -3.79. The highest BCUT2D eigenvalue weighted by Gasteiger charge is 2.18. The maximum absolute atomic E-state index is 12.7.